The van der Waals surface area contributed by atoms with Crippen LogP contribution in [0.1, 0.15) is 36.4 Å². The number of hydrogen-bond donors (Lipinski definition) is 1. The first kappa shape index (κ1) is 20.3. The number of nitriles is 1. The van der Waals surface area contributed by atoms with Gasteiger partial charge >= 0.3 is 0 Å². The van der Waals surface area contributed by atoms with Gasteiger partial charge in [0.2, 0.25) is 10.0 Å². The number of rotatable bonds is 7. The van der Waals surface area contributed by atoms with Crippen molar-refractivity contribution in [3.63, 3.8) is 0 Å². The molecule has 7 heteroatoms. The summed E-state index contributed by atoms with van der Waals surface area (Å²) in [6.07, 6.45) is 3.40. The standard InChI is InChI=1S/C21H25N3O3S/c1-27-21-11-4-3-10-19(21)20(24-12-5-2-6-13-24)16-23-28(25,26)18-9-7-8-17(14-18)15-22/h3-4,7-11,14,20,23H,2,5-6,12-13,16H2,1H3. The fourth-order valence-electron chi connectivity index (χ4n) is 3.61. The Hall–Kier alpha value is -2.40. The second-order valence-corrected chi connectivity index (χ2v) is 8.61. The Balaban J connectivity index is 1.86. The number of benzene rings is 2. The van der Waals surface area contributed by atoms with Crippen LogP contribution in [-0.4, -0.2) is 40.1 Å². The topological polar surface area (TPSA) is 82.4 Å². The van der Waals surface area contributed by atoms with E-state index in [0.717, 1.165) is 37.2 Å². The minimum Gasteiger partial charge on any atom is -0.496 e. The quantitative estimate of drug-likeness (QED) is 0.774. The first-order valence-corrected chi connectivity index (χ1v) is 10.9. The zero-order valence-corrected chi connectivity index (χ0v) is 16.8. The van der Waals surface area contributed by atoms with Gasteiger partial charge in [-0.3, -0.25) is 4.90 Å². The number of nitrogens with one attached hydrogen (secondary N) is 1. The molecule has 1 atom stereocenters. The minimum atomic E-state index is -3.72. The molecule has 0 aliphatic carbocycles. The summed E-state index contributed by atoms with van der Waals surface area (Å²) >= 11 is 0. The van der Waals surface area contributed by atoms with E-state index in [1.807, 2.05) is 30.3 Å². The molecule has 0 aromatic heterocycles. The monoisotopic (exact) mass is 399 g/mol. The van der Waals surface area contributed by atoms with E-state index in [1.165, 1.54) is 18.6 Å². The van der Waals surface area contributed by atoms with Crippen LogP contribution in [0.3, 0.4) is 0 Å². The van der Waals surface area contributed by atoms with Gasteiger partial charge in [0.1, 0.15) is 5.75 Å². The molecule has 6 nitrogen and oxygen atoms in total. The molecule has 2 aromatic rings. The zero-order valence-electron chi connectivity index (χ0n) is 16.0. The van der Waals surface area contributed by atoms with Crippen LogP contribution in [0.5, 0.6) is 5.75 Å². The number of hydrogen-bond acceptors (Lipinski definition) is 5. The van der Waals surface area contributed by atoms with E-state index in [9.17, 15) is 8.42 Å². The summed E-state index contributed by atoms with van der Waals surface area (Å²) in [6, 6.07) is 15.7. The lowest BCUT2D eigenvalue weighted by Crippen LogP contribution is -2.40. The molecule has 28 heavy (non-hydrogen) atoms. The molecule has 3 rings (SSSR count). The van der Waals surface area contributed by atoms with Crippen molar-refractivity contribution in [2.75, 3.05) is 26.7 Å². The second-order valence-electron chi connectivity index (χ2n) is 6.85. The Bertz CT molecular complexity index is 947. The zero-order chi connectivity index (χ0) is 20.0. The Morgan fingerprint density at radius 1 is 1.14 bits per heavy atom. The van der Waals surface area contributed by atoms with E-state index in [1.54, 1.807) is 19.2 Å². The summed E-state index contributed by atoms with van der Waals surface area (Å²) in [5.74, 6) is 0.753. The minimum absolute atomic E-state index is 0.101. The van der Waals surface area contributed by atoms with Crippen LogP contribution in [0.25, 0.3) is 0 Å². The maximum absolute atomic E-state index is 12.8. The van der Waals surface area contributed by atoms with Gasteiger partial charge in [0.15, 0.2) is 0 Å². The molecule has 0 spiro atoms. The highest BCUT2D eigenvalue weighted by Crippen LogP contribution is 2.31. The van der Waals surface area contributed by atoms with Crippen molar-refractivity contribution in [2.24, 2.45) is 0 Å². The van der Waals surface area contributed by atoms with Gasteiger partial charge in [-0.15, -0.1) is 0 Å². The maximum atomic E-state index is 12.8. The molecule has 148 valence electrons. The molecule has 2 aromatic carbocycles. The third-order valence-electron chi connectivity index (χ3n) is 5.07. The van der Waals surface area contributed by atoms with E-state index in [4.69, 9.17) is 10.00 Å². The van der Waals surface area contributed by atoms with Crippen molar-refractivity contribution in [1.29, 1.82) is 5.26 Å². The van der Waals surface area contributed by atoms with E-state index in [0.29, 0.717) is 5.56 Å². The summed E-state index contributed by atoms with van der Waals surface area (Å²) in [5, 5.41) is 9.04. The number of likely N-dealkylation sites (tertiary alicyclic amines) is 1. The number of para-hydroxylation sites is 1. The van der Waals surface area contributed by atoms with Crippen LogP contribution in [-0.2, 0) is 10.0 Å². The van der Waals surface area contributed by atoms with Crippen molar-refractivity contribution in [2.45, 2.75) is 30.2 Å². The number of ether oxygens (including phenoxy) is 1. The van der Waals surface area contributed by atoms with Crippen LogP contribution in [0.15, 0.2) is 53.4 Å². The van der Waals surface area contributed by atoms with Gasteiger partial charge in [-0.1, -0.05) is 30.7 Å². The van der Waals surface area contributed by atoms with Crippen molar-refractivity contribution in [3.05, 3.63) is 59.7 Å². The Morgan fingerprint density at radius 3 is 2.61 bits per heavy atom. The van der Waals surface area contributed by atoms with Crippen molar-refractivity contribution >= 4 is 10.0 Å². The van der Waals surface area contributed by atoms with Gasteiger partial charge in [-0.2, -0.15) is 5.26 Å². The molecule has 1 heterocycles. The SMILES string of the molecule is COc1ccccc1C(CNS(=O)(=O)c1cccc(C#N)c1)N1CCCCC1. The van der Waals surface area contributed by atoms with Crippen LogP contribution in [0.4, 0.5) is 0 Å². The lowest BCUT2D eigenvalue weighted by Gasteiger charge is -2.35. The molecule has 0 amide bonds. The molecule has 1 saturated heterocycles. The van der Waals surface area contributed by atoms with Gasteiger partial charge in [-0.05, 0) is 50.2 Å². The van der Waals surface area contributed by atoms with Crippen LogP contribution < -0.4 is 9.46 Å². The molecule has 0 bridgehead atoms. The molecule has 0 radical (unpaired) electrons. The fourth-order valence-corrected chi connectivity index (χ4v) is 4.70. The van der Waals surface area contributed by atoms with Crippen LogP contribution in [0.2, 0.25) is 0 Å². The van der Waals surface area contributed by atoms with Gasteiger partial charge < -0.3 is 4.74 Å². The van der Waals surface area contributed by atoms with E-state index in [-0.39, 0.29) is 17.5 Å². The molecule has 1 N–H and O–H groups in total. The Morgan fingerprint density at radius 2 is 1.89 bits per heavy atom. The number of sulfonamides is 1. The summed E-state index contributed by atoms with van der Waals surface area (Å²) < 4.78 is 33.9. The summed E-state index contributed by atoms with van der Waals surface area (Å²) in [7, 11) is -2.09. The highest BCUT2D eigenvalue weighted by Gasteiger charge is 2.27. The summed E-state index contributed by atoms with van der Waals surface area (Å²) in [4.78, 5) is 2.42. The molecule has 1 unspecified atom stereocenters. The average Bonchev–Trinajstić information content (AvgIpc) is 2.75. The average molecular weight is 400 g/mol. The molecule has 0 saturated carbocycles. The molecule has 1 fully saturated rings. The van der Waals surface area contributed by atoms with Crippen molar-refractivity contribution < 1.29 is 13.2 Å². The molecule has 1 aliphatic heterocycles. The van der Waals surface area contributed by atoms with E-state index < -0.39 is 10.0 Å². The van der Waals surface area contributed by atoms with Crippen molar-refractivity contribution in [3.8, 4) is 11.8 Å². The van der Waals surface area contributed by atoms with Gasteiger partial charge in [0, 0.05) is 12.1 Å². The van der Waals surface area contributed by atoms with E-state index in [2.05, 4.69) is 9.62 Å². The Kier molecular flexibility index (Phi) is 6.68. The van der Waals surface area contributed by atoms with Crippen LogP contribution >= 0.6 is 0 Å². The summed E-state index contributed by atoms with van der Waals surface area (Å²) in [5.41, 5.74) is 1.29. The smallest absolute Gasteiger partial charge is 0.240 e. The Labute approximate surface area is 166 Å². The van der Waals surface area contributed by atoms with Crippen LogP contribution in [0, 0.1) is 11.3 Å². The first-order chi connectivity index (χ1) is 13.5. The first-order valence-electron chi connectivity index (χ1n) is 9.42. The predicted octanol–water partition coefficient (Wildman–Crippen LogP) is 3.07. The van der Waals surface area contributed by atoms with Gasteiger partial charge in [0.25, 0.3) is 0 Å². The molecule has 1 aliphatic rings. The second kappa shape index (κ2) is 9.20. The number of nitrogens with zero attached hydrogens (tertiary/aromatic N) is 2. The highest BCUT2D eigenvalue weighted by atomic mass is 32.2. The fraction of sp³-hybridized carbons (Fsp3) is 0.381. The highest BCUT2D eigenvalue weighted by molar-refractivity contribution is 7.89. The maximum Gasteiger partial charge on any atom is 0.240 e. The number of piperidine rings is 1. The largest absolute Gasteiger partial charge is 0.496 e. The van der Waals surface area contributed by atoms with E-state index >= 15 is 0 Å². The van der Waals surface area contributed by atoms with Gasteiger partial charge in [0.05, 0.1) is 29.7 Å². The van der Waals surface area contributed by atoms with Gasteiger partial charge in [-0.25, -0.2) is 13.1 Å². The lowest BCUT2D eigenvalue weighted by molar-refractivity contribution is 0.162. The lowest BCUT2D eigenvalue weighted by atomic mass is 10.0. The molecular weight excluding hydrogens is 374 g/mol. The summed E-state index contributed by atoms with van der Waals surface area (Å²) in [6.45, 7) is 2.09. The normalized spacial score (nSPS) is 16.3. The molecular formula is C21H25N3O3S. The third-order valence-corrected chi connectivity index (χ3v) is 6.49. The predicted molar refractivity (Wildman–Crippen MR) is 108 cm³/mol. The number of methoxy groups -OCH3 is 1. The third kappa shape index (κ3) is 4.71. The van der Waals surface area contributed by atoms with Crippen molar-refractivity contribution in [1.82, 2.24) is 9.62 Å².